The first-order valence-corrected chi connectivity index (χ1v) is 8.83. The van der Waals surface area contributed by atoms with Crippen LogP contribution < -0.4 is 9.47 Å². The monoisotopic (exact) mass is 392 g/mol. The van der Waals surface area contributed by atoms with Gasteiger partial charge in [0.25, 0.3) is 0 Å². The second-order valence-corrected chi connectivity index (χ2v) is 6.16. The van der Waals surface area contributed by atoms with E-state index in [1.54, 1.807) is 54.6 Å². The van der Waals surface area contributed by atoms with Crippen LogP contribution in [0.4, 0.5) is 0 Å². The fourth-order valence-corrected chi connectivity index (χ4v) is 2.62. The van der Waals surface area contributed by atoms with Gasteiger partial charge in [0.2, 0.25) is 0 Å². The topological polar surface area (TPSA) is 71.1 Å². The minimum absolute atomic E-state index is 0.395. The molecule has 0 saturated carbocycles. The molecule has 0 atom stereocenters. The van der Waals surface area contributed by atoms with Gasteiger partial charge in [0.05, 0.1) is 25.3 Å². The fraction of sp³-hybridized carbons (Fsp3) is 0.130. The molecule has 0 N–H and O–H groups in total. The van der Waals surface area contributed by atoms with Crippen LogP contribution in [0.15, 0.2) is 66.7 Å². The van der Waals surface area contributed by atoms with Crippen molar-refractivity contribution >= 4 is 11.9 Å². The Morgan fingerprint density at radius 1 is 0.621 bits per heavy atom. The first-order valence-electron chi connectivity index (χ1n) is 8.83. The Morgan fingerprint density at radius 2 is 1.07 bits per heavy atom. The van der Waals surface area contributed by atoms with Gasteiger partial charge in [-0.05, 0) is 79.2 Å². The standard InChI is InChI=1S/C23H20O6/c1-15-14-20(28-18-8-4-16(5-9-18)22(24)26-2)12-13-21(15)29-19-10-6-17(7-11-19)23(25)27-3/h4-14H,1-3H3. The molecular weight excluding hydrogens is 372 g/mol. The zero-order valence-corrected chi connectivity index (χ0v) is 16.3. The summed E-state index contributed by atoms with van der Waals surface area (Å²) >= 11 is 0. The Hall–Kier alpha value is -3.80. The van der Waals surface area contributed by atoms with Gasteiger partial charge in [-0.25, -0.2) is 9.59 Å². The highest BCUT2D eigenvalue weighted by atomic mass is 16.5. The van der Waals surface area contributed by atoms with E-state index in [1.165, 1.54) is 14.2 Å². The minimum Gasteiger partial charge on any atom is -0.465 e. The van der Waals surface area contributed by atoms with Gasteiger partial charge in [-0.2, -0.15) is 0 Å². The van der Waals surface area contributed by atoms with E-state index in [-0.39, 0.29) is 0 Å². The molecule has 0 aliphatic carbocycles. The molecule has 0 bridgehead atoms. The highest BCUT2D eigenvalue weighted by Crippen LogP contribution is 2.30. The van der Waals surface area contributed by atoms with Crippen LogP contribution >= 0.6 is 0 Å². The first kappa shape index (κ1) is 19.9. The molecule has 0 saturated heterocycles. The number of carbonyl (C=O) groups excluding carboxylic acids is 2. The number of aryl methyl sites for hydroxylation is 1. The van der Waals surface area contributed by atoms with Crippen molar-refractivity contribution in [2.24, 2.45) is 0 Å². The van der Waals surface area contributed by atoms with Gasteiger partial charge in [-0.15, -0.1) is 0 Å². The van der Waals surface area contributed by atoms with Crippen LogP contribution in [0, 0.1) is 6.92 Å². The predicted octanol–water partition coefficient (Wildman–Crippen LogP) is 5.15. The number of rotatable bonds is 6. The number of hydrogen-bond donors (Lipinski definition) is 0. The molecule has 0 unspecified atom stereocenters. The van der Waals surface area contributed by atoms with Crippen molar-refractivity contribution in [1.29, 1.82) is 0 Å². The second-order valence-electron chi connectivity index (χ2n) is 6.16. The number of ether oxygens (including phenoxy) is 4. The molecule has 0 aliphatic rings. The molecule has 3 rings (SSSR count). The van der Waals surface area contributed by atoms with E-state index >= 15 is 0 Å². The molecule has 0 aliphatic heterocycles. The minimum atomic E-state index is -0.395. The van der Waals surface area contributed by atoms with E-state index in [4.69, 9.17) is 9.47 Å². The Balaban J connectivity index is 1.68. The highest BCUT2D eigenvalue weighted by molar-refractivity contribution is 5.89. The number of carbonyl (C=O) groups is 2. The lowest BCUT2D eigenvalue weighted by Crippen LogP contribution is -2.00. The van der Waals surface area contributed by atoms with E-state index in [0.29, 0.717) is 34.1 Å². The van der Waals surface area contributed by atoms with E-state index < -0.39 is 11.9 Å². The van der Waals surface area contributed by atoms with Crippen LogP contribution in [0.1, 0.15) is 26.3 Å². The molecule has 0 spiro atoms. The lowest BCUT2D eigenvalue weighted by molar-refractivity contribution is 0.0592. The van der Waals surface area contributed by atoms with E-state index in [2.05, 4.69) is 9.47 Å². The summed E-state index contributed by atoms with van der Waals surface area (Å²) < 4.78 is 21.1. The lowest BCUT2D eigenvalue weighted by atomic mass is 10.2. The largest absolute Gasteiger partial charge is 0.465 e. The number of methoxy groups -OCH3 is 2. The molecule has 0 fully saturated rings. The molecule has 3 aromatic carbocycles. The van der Waals surface area contributed by atoms with Gasteiger partial charge in [0.1, 0.15) is 23.0 Å². The zero-order valence-electron chi connectivity index (χ0n) is 16.3. The van der Waals surface area contributed by atoms with Crippen molar-refractivity contribution < 1.29 is 28.5 Å². The van der Waals surface area contributed by atoms with Crippen molar-refractivity contribution in [2.75, 3.05) is 14.2 Å². The summed E-state index contributed by atoms with van der Waals surface area (Å²) in [7, 11) is 2.68. The van der Waals surface area contributed by atoms with Crippen molar-refractivity contribution in [2.45, 2.75) is 6.92 Å². The maximum atomic E-state index is 11.5. The van der Waals surface area contributed by atoms with Gasteiger partial charge in [-0.1, -0.05) is 0 Å². The average molecular weight is 392 g/mol. The normalized spacial score (nSPS) is 10.2. The Morgan fingerprint density at radius 3 is 1.52 bits per heavy atom. The third-order valence-electron chi connectivity index (χ3n) is 4.16. The predicted molar refractivity (Wildman–Crippen MR) is 107 cm³/mol. The smallest absolute Gasteiger partial charge is 0.337 e. The van der Waals surface area contributed by atoms with Crippen LogP contribution in [-0.4, -0.2) is 26.2 Å². The molecule has 0 aromatic heterocycles. The molecule has 6 nitrogen and oxygen atoms in total. The van der Waals surface area contributed by atoms with Crippen LogP contribution in [-0.2, 0) is 9.47 Å². The summed E-state index contributed by atoms with van der Waals surface area (Å²) in [4.78, 5) is 23.0. The van der Waals surface area contributed by atoms with Crippen LogP contribution in [0.5, 0.6) is 23.0 Å². The summed E-state index contributed by atoms with van der Waals surface area (Å²) in [5.74, 6) is 1.73. The molecule has 3 aromatic rings. The van der Waals surface area contributed by atoms with E-state index in [9.17, 15) is 9.59 Å². The SMILES string of the molecule is COC(=O)c1ccc(Oc2ccc(Oc3ccc(C(=O)OC)cc3)c(C)c2)cc1. The first-order chi connectivity index (χ1) is 14.0. The average Bonchev–Trinajstić information content (AvgIpc) is 2.75. The van der Waals surface area contributed by atoms with Crippen molar-refractivity contribution in [3.8, 4) is 23.0 Å². The van der Waals surface area contributed by atoms with Gasteiger partial charge < -0.3 is 18.9 Å². The molecular formula is C23H20O6. The maximum Gasteiger partial charge on any atom is 0.337 e. The number of benzene rings is 3. The zero-order chi connectivity index (χ0) is 20.8. The summed E-state index contributed by atoms with van der Waals surface area (Å²) in [5.41, 5.74) is 1.79. The van der Waals surface area contributed by atoms with Crippen LogP contribution in [0.25, 0.3) is 0 Å². The maximum absolute atomic E-state index is 11.5. The van der Waals surface area contributed by atoms with Crippen molar-refractivity contribution in [1.82, 2.24) is 0 Å². The molecule has 29 heavy (non-hydrogen) atoms. The van der Waals surface area contributed by atoms with Gasteiger partial charge in [0.15, 0.2) is 0 Å². The molecule has 6 heteroatoms. The summed E-state index contributed by atoms with van der Waals surface area (Å²) in [5, 5.41) is 0. The Kier molecular flexibility index (Phi) is 6.14. The number of esters is 2. The summed E-state index contributed by atoms with van der Waals surface area (Å²) in [6.07, 6.45) is 0. The van der Waals surface area contributed by atoms with E-state index in [0.717, 1.165) is 5.56 Å². The fourth-order valence-electron chi connectivity index (χ4n) is 2.62. The molecule has 0 heterocycles. The molecule has 0 radical (unpaired) electrons. The van der Waals surface area contributed by atoms with Crippen molar-refractivity contribution in [3.63, 3.8) is 0 Å². The number of hydrogen-bond acceptors (Lipinski definition) is 6. The quantitative estimate of drug-likeness (QED) is 0.540. The van der Waals surface area contributed by atoms with E-state index in [1.807, 2.05) is 19.1 Å². The van der Waals surface area contributed by atoms with Gasteiger partial charge >= 0.3 is 11.9 Å². The van der Waals surface area contributed by atoms with Gasteiger partial charge in [0, 0.05) is 0 Å². The highest BCUT2D eigenvalue weighted by Gasteiger charge is 2.09. The van der Waals surface area contributed by atoms with Crippen molar-refractivity contribution in [3.05, 3.63) is 83.4 Å². The van der Waals surface area contributed by atoms with Crippen LogP contribution in [0.3, 0.4) is 0 Å². The Labute approximate surface area is 168 Å². The Bertz CT molecular complexity index is 1010. The third kappa shape index (κ3) is 4.93. The third-order valence-corrected chi connectivity index (χ3v) is 4.16. The second kappa shape index (κ2) is 8.93. The summed E-state index contributed by atoms with van der Waals surface area (Å²) in [6, 6.07) is 18.8. The molecule has 148 valence electrons. The van der Waals surface area contributed by atoms with Crippen LogP contribution in [0.2, 0.25) is 0 Å². The van der Waals surface area contributed by atoms with Gasteiger partial charge in [-0.3, -0.25) is 0 Å². The summed E-state index contributed by atoms with van der Waals surface area (Å²) in [6.45, 7) is 1.91. The lowest BCUT2D eigenvalue weighted by Gasteiger charge is -2.12. The molecule has 0 amide bonds.